The number of aliphatic hydroxyl groups excluding tert-OH is 2. The minimum absolute atomic E-state index is 0.326. The lowest BCUT2D eigenvalue weighted by Gasteiger charge is -2.18. The van der Waals surface area contributed by atoms with Crippen molar-refractivity contribution in [3.8, 4) is 0 Å². The number of nitrogens with zero attached hydrogens (tertiary/aromatic N) is 3. The van der Waals surface area contributed by atoms with Gasteiger partial charge in [0.2, 0.25) is 0 Å². The molecule has 8 heteroatoms. The Morgan fingerprint density at radius 1 is 1.32 bits per heavy atom. The average Bonchev–Trinajstić information content (AvgIpc) is 2.83. The molecular weight excluding hydrogens is 314 g/mol. The van der Waals surface area contributed by atoms with Gasteiger partial charge in [-0.1, -0.05) is 0 Å². The van der Waals surface area contributed by atoms with Crippen molar-refractivity contribution in [2.75, 3.05) is 5.73 Å². The zero-order valence-electron chi connectivity index (χ0n) is 9.94. The first-order valence-corrected chi connectivity index (χ1v) is 6.68. The maximum absolute atomic E-state index is 10.1. The Labute approximate surface area is 117 Å². The fraction of sp³-hybridized carbons (Fsp3) is 0.455. The van der Waals surface area contributed by atoms with Crippen molar-refractivity contribution in [2.24, 2.45) is 5.73 Å². The van der Waals surface area contributed by atoms with E-state index in [9.17, 15) is 10.2 Å². The van der Waals surface area contributed by atoms with Crippen LogP contribution >= 0.6 is 15.9 Å². The summed E-state index contributed by atoms with van der Waals surface area (Å²) in [5, 5.41) is 20.6. The van der Waals surface area contributed by atoms with Crippen molar-refractivity contribution in [2.45, 2.75) is 30.7 Å². The highest BCUT2D eigenvalue weighted by atomic mass is 79.9. The fourth-order valence-electron chi connectivity index (χ4n) is 2.63. The molecule has 0 saturated heterocycles. The lowest BCUT2D eigenvalue weighted by Crippen LogP contribution is -2.35. The second-order valence-electron chi connectivity index (χ2n) is 4.79. The molecule has 1 aliphatic rings. The SMILES string of the molecule is Nc1ncnc2c1c(Br)cn2[C@@H]1C[C@H](N)[C@@H](O)[C@H]1O. The number of nitrogen functional groups attached to an aromatic ring is 1. The molecule has 7 nitrogen and oxygen atoms in total. The third-order valence-electron chi connectivity index (χ3n) is 3.65. The summed E-state index contributed by atoms with van der Waals surface area (Å²) in [4.78, 5) is 8.14. The quantitative estimate of drug-likeness (QED) is 0.573. The van der Waals surface area contributed by atoms with Crippen molar-refractivity contribution in [1.82, 2.24) is 14.5 Å². The molecule has 1 aliphatic carbocycles. The number of anilines is 1. The topological polar surface area (TPSA) is 123 Å². The van der Waals surface area contributed by atoms with E-state index in [0.29, 0.717) is 23.3 Å². The number of halogens is 1. The van der Waals surface area contributed by atoms with Gasteiger partial charge in [0.1, 0.15) is 23.9 Å². The van der Waals surface area contributed by atoms with Crippen molar-refractivity contribution in [3.05, 3.63) is 17.0 Å². The van der Waals surface area contributed by atoms with Crippen LogP contribution in [0.5, 0.6) is 0 Å². The zero-order valence-corrected chi connectivity index (χ0v) is 11.5. The molecule has 0 aromatic carbocycles. The molecule has 3 rings (SSSR count). The summed E-state index contributed by atoms with van der Waals surface area (Å²) in [5.41, 5.74) is 12.2. The lowest BCUT2D eigenvalue weighted by atomic mass is 10.2. The van der Waals surface area contributed by atoms with Crippen LogP contribution in [-0.4, -0.2) is 43.0 Å². The van der Waals surface area contributed by atoms with Crippen molar-refractivity contribution < 1.29 is 10.2 Å². The van der Waals surface area contributed by atoms with Crippen molar-refractivity contribution >= 4 is 32.8 Å². The van der Waals surface area contributed by atoms with Crippen molar-refractivity contribution in [1.29, 1.82) is 0 Å². The Hall–Kier alpha value is -1.22. The molecule has 19 heavy (non-hydrogen) atoms. The van der Waals surface area contributed by atoms with Gasteiger partial charge in [-0.05, 0) is 22.4 Å². The summed E-state index contributed by atoms with van der Waals surface area (Å²) in [7, 11) is 0. The van der Waals surface area contributed by atoms with Gasteiger partial charge in [0.05, 0.1) is 17.5 Å². The summed E-state index contributed by atoms with van der Waals surface area (Å²) in [6.07, 6.45) is 1.78. The highest BCUT2D eigenvalue weighted by Crippen LogP contribution is 2.36. The van der Waals surface area contributed by atoms with Crippen LogP contribution in [0.25, 0.3) is 11.0 Å². The number of hydrogen-bond donors (Lipinski definition) is 4. The van der Waals surface area contributed by atoms with Crippen LogP contribution in [0.15, 0.2) is 17.0 Å². The summed E-state index contributed by atoms with van der Waals surface area (Å²) >= 11 is 3.41. The minimum atomic E-state index is -0.930. The first-order valence-electron chi connectivity index (χ1n) is 5.89. The van der Waals surface area contributed by atoms with Gasteiger partial charge in [-0.15, -0.1) is 0 Å². The molecule has 2 heterocycles. The monoisotopic (exact) mass is 327 g/mol. The Morgan fingerprint density at radius 3 is 2.68 bits per heavy atom. The molecular formula is C11H14BrN5O2. The molecule has 0 bridgehead atoms. The van der Waals surface area contributed by atoms with E-state index in [1.54, 1.807) is 10.8 Å². The van der Waals surface area contributed by atoms with Gasteiger partial charge >= 0.3 is 0 Å². The van der Waals surface area contributed by atoms with Gasteiger partial charge < -0.3 is 26.2 Å². The molecule has 2 aromatic rings. The van der Waals surface area contributed by atoms with Gasteiger partial charge in [-0.2, -0.15) is 0 Å². The van der Waals surface area contributed by atoms with E-state index >= 15 is 0 Å². The lowest BCUT2D eigenvalue weighted by molar-refractivity contribution is 0.0187. The Kier molecular flexibility index (Phi) is 2.97. The second-order valence-corrected chi connectivity index (χ2v) is 5.64. The first-order chi connectivity index (χ1) is 9.00. The van der Waals surface area contributed by atoms with E-state index in [2.05, 4.69) is 25.9 Å². The highest BCUT2D eigenvalue weighted by Gasteiger charge is 2.41. The predicted octanol–water partition coefficient (Wildman–Crippen LogP) is -0.230. The second kappa shape index (κ2) is 4.41. The molecule has 6 N–H and O–H groups in total. The van der Waals surface area contributed by atoms with E-state index in [1.807, 2.05) is 0 Å². The standard InChI is InChI=1S/C11H14BrN5O2/c12-4-2-17(6-1-5(13)8(18)9(6)19)11-7(4)10(14)15-3-16-11/h2-3,5-6,8-9,18-19H,1,13H2,(H2,14,15,16)/t5-,6+,8+,9-/m0/s1. The number of hydrogen-bond acceptors (Lipinski definition) is 6. The Morgan fingerprint density at radius 2 is 2.05 bits per heavy atom. The maximum Gasteiger partial charge on any atom is 0.146 e. The zero-order chi connectivity index (χ0) is 13.7. The third-order valence-corrected chi connectivity index (χ3v) is 4.25. The van der Waals surface area contributed by atoms with E-state index in [4.69, 9.17) is 11.5 Å². The summed E-state index contributed by atoms with van der Waals surface area (Å²) in [6, 6.07) is -0.775. The molecule has 2 aromatic heterocycles. The third kappa shape index (κ3) is 1.83. The summed E-state index contributed by atoms with van der Waals surface area (Å²) < 4.78 is 2.54. The van der Waals surface area contributed by atoms with Crippen LogP contribution in [0.4, 0.5) is 5.82 Å². The molecule has 0 aliphatic heterocycles. The summed E-state index contributed by atoms with van der Waals surface area (Å²) in [6.45, 7) is 0. The Balaban J connectivity index is 2.14. The van der Waals surface area contributed by atoms with Crippen LogP contribution in [-0.2, 0) is 0 Å². The molecule has 1 fully saturated rings. The number of nitrogens with two attached hydrogens (primary N) is 2. The van der Waals surface area contributed by atoms with Crippen LogP contribution in [0.3, 0.4) is 0 Å². The summed E-state index contributed by atoms with van der Waals surface area (Å²) in [5.74, 6) is 0.368. The van der Waals surface area contributed by atoms with Gasteiger partial charge in [0.25, 0.3) is 0 Å². The number of aromatic nitrogens is 3. The number of aliphatic hydroxyl groups is 2. The smallest absolute Gasteiger partial charge is 0.146 e. The van der Waals surface area contributed by atoms with E-state index in [1.165, 1.54) is 6.33 Å². The number of rotatable bonds is 1. The van der Waals surface area contributed by atoms with Gasteiger partial charge in [-0.3, -0.25) is 0 Å². The van der Waals surface area contributed by atoms with Crippen LogP contribution in [0.1, 0.15) is 12.5 Å². The number of fused-ring (bicyclic) bond motifs is 1. The van der Waals surface area contributed by atoms with E-state index < -0.39 is 18.2 Å². The molecule has 0 amide bonds. The Bertz CT molecular complexity index is 631. The van der Waals surface area contributed by atoms with Gasteiger partial charge in [0, 0.05) is 16.7 Å². The first kappa shape index (κ1) is 12.8. The van der Waals surface area contributed by atoms with Crippen LogP contribution in [0.2, 0.25) is 0 Å². The van der Waals surface area contributed by atoms with Crippen molar-refractivity contribution in [3.63, 3.8) is 0 Å². The predicted molar refractivity (Wildman–Crippen MR) is 73.3 cm³/mol. The molecule has 4 atom stereocenters. The van der Waals surface area contributed by atoms with Crippen LogP contribution in [0, 0.1) is 0 Å². The molecule has 1 saturated carbocycles. The van der Waals surface area contributed by atoms with E-state index in [0.717, 1.165) is 4.47 Å². The van der Waals surface area contributed by atoms with Gasteiger partial charge in [0.15, 0.2) is 0 Å². The molecule has 0 unspecified atom stereocenters. The van der Waals surface area contributed by atoms with Gasteiger partial charge in [-0.25, -0.2) is 9.97 Å². The van der Waals surface area contributed by atoms with Crippen LogP contribution < -0.4 is 11.5 Å². The largest absolute Gasteiger partial charge is 0.389 e. The molecule has 0 spiro atoms. The molecule has 102 valence electrons. The average molecular weight is 328 g/mol. The maximum atomic E-state index is 10.1. The minimum Gasteiger partial charge on any atom is -0.389 e. The normalized spacial score (nSPS) is 31.2. The highest BCUT2D eigenvalue weighted by molar-refractivity contribution is 9.10. The fourth-order valence-corrected chi connectivity index (χ4v) is 3.23. The molecule has 0 radical (unpaired) electrons. The van der Waals surface area contributed by atoms with E-state index in [-0.39, 0.29) is 6.04 Å².